The van der Waals surface area contributed by atoms with Crippen LogP contribution in [0.4, 0.5) is 0 Å². The van der Waals surface area contributed by atoms with E-state index in [0.29, 0.717) is 10.9 Å². The Balaban J connectivity index is 3.40. The molecule has 0 radical (unpaired) electrons. The van der Waals surface area contributed by atoms with Crippen LogP contribution in [0.5, 0.6) is 5.75 Å². The van der Waals surface area contributed by atoms with Gasteiger partial charge in [0.05, 0.1) is 5.52 Å². The monoisotopic (exact) mass is 357 g/mol. The van der Waals surface area contributed by atoms with Gasteiger partial charge in [-0.25, -0.2) is 0 Å². The van der Waals surface area contributed by atoms with E-state index in [4.69, 9.17) is 0 Å². The van der Waals surface area contributed by atoms with Crippen LogP contribution in [0.2, 0.25) is 0 Å². The molecule has 0 aliphatic rings. The van der Waals surface area contributed by atoms with Crippen LogP contribution in [0.15, 0.2) is 15.7 Å². The molecule has 0 aliphatic heterocycles. The topological polar surface area (TPSA) is 70.2 Å². The Morgan fingerprint density at radius 2 is 1.15 bits per heavy atom. The van der Waals surface area contributed by atoms with Crippen molar-refractivity contribution >= 4 is 10.9 Å². The van der Waals surface area contributed by atoms with Crippen LogP contribution in [0.25, 0.3) is 10.9 Å². The van der Waals surface area contributed by atoms with Crippen LogP contribution in [-0.4, -0.2) is 10.1 Å². The van der Waals surface area contributed by atoms with Crippen molar-refractivity contribution < 1.29 is 5.11 Å². The van der Waals surface area contributed by atoms with Crippen molar-refractivity contribution in [3.8, 4) is 5.75 Å². The molecule has 26 heavy (non-hydrogen) atoms. The number of nitrogens with one attached hydrogen (secondary N) is 1. The largest absolute Gasteiger partial charge is 0.507 e. The maximum Gasteiger partial charge on any atom is 0.296 e. The highest BCUT2D eigenvalue weighted by molar-refractivity contribution is 5.93. The van der Waals surface area contributed by atoms with Crippen LogP contribution in [0.1, 0.15) is 101 Å². The minimum absolute atomic E-state index is 0.119. The molecule has 4 heteroatoms. The second kappa shape index (κ2) is 7.26. The van der Waals surface area contributed by atoms with E-state index >= 15 is 0 Å². The highest BCUT2D eigenvalue weighted by Crippen LogP contribution is 2.45. The van der Waals surface area contributed by atoms with E-state index in [1.165, 1.54) is 11.1 Å². The van der Waals surface area contributed by atoms with Crippen molar-refractivity contribution in [3.63, 3.8) is 0 Å². The lowest BCUT2D eigenvalue weighted by molar-refractivity contribution is 0.480. The Labute approximate surface area is 155 Å². The third-order valence-electron chi connectivity index (χ3n) is 4.95. The fourth-order valence-electron chi connectivity index (χ4n) is 4.11. The van der Waals surface area contributed by atoms with Gasteiger partial charge in [-0.05, 0) is 45.9 Å². The van der Waals surface area contributed by atoms with Crippen molar-refractivity contribution in [3.05, 3.63) is 48.9 Å². The smallest absolute Gasteiger partial charge is 0.296 e. The molecule has 0 spiro atoms. The van der Waals surface area contributed by atoms with Crippen molar-refractivity contribution in [2.45, 2.75) is 79.1 Å². The third kappa shape index (κ3) is 3.29. The second-order valence-electron chi connectivity index (χ2n) is 8.37. The van der Waals surface area contributed by atoms with Crippen molar-refractivity contribution in [2.75, 3.05) is 0 Å². The van der Waals surface area contributed by atoms with Gasteiger partial charge >= 0.3 is 0 Å². The van der Waals surface area contributed by atoms with Gasteiger partial charge in [0.1, 0.15) is 5.75 Å². The zero-order valence-electron chi connectivity index (χ0n) is 17.2. The SMILES string of the molecule is CC(C)c1c(C(C)C)c(C(C)C)c2c(O)cc(=O)c(=O)[nH]c2c1C(C)C. The van der Waals surface area contributed by atoms with Gasteiger partial charge in [0, 0.05) is 11.5 Å². The number of benzene rings is 1. The molecule has 0 atom stereocenters. The predicted molar refractivity (Wildman–Crippen MR) is 109 cm³/mol. The zero-order valence-corrected chi connectivity index (χ0v) is 17.2. The van der Waals surface area contributed by atoms with E-state index in [1.807, 2.05) is 0 Å². The summed E-state index contributed by atoms with van der Waals surface area (Å²) in [7, 11) is 0. The number of fused-ring (bicyclic) bond motifs is 1. The quantitative estimate of drug-likeness (QED) is 0.749. The van der Waals surface area contributed by atoms with Crippen LogP contribution >= 0.6 is 0 Å². The first-order valence-electron chi connectivity index (χ1n) is 9.48. The van der Waals surface area contributed by atoms with Crippen molar-refractivity contribution in [2.24, 2.45) is 0 Å². The number of aromatic hydroxyl groups is 1. The molecule has 2 rings (SSSR count). The molecule has 142 valence electrons. The maximum absolute atomic E-state index is 12.3. The average Bonchev–Trinajstić information content (AvgIpc) is 2.61. The van der Waals surface area contributed by atoms with E-state index in [-0.39, 0.29) is 29.4 Å². The van der Waals surface area contributed by atoms with Gasteiger partial charge in [-0.1, -0.05) is 55.4 Å². The summed E-state index contributed by atoms with van der Waals surface area (Å²) >= 11 is 0. The Kier molecular flexibility index (Phi) is 5.64. The predicted octanol–water partition coefficient (Wildman–Crippen LogP) is 5.09. The number of hydrogen-bond acceptors (Lipinski definition) is 3. The maximum atomic E-state index is 12.3. The van der Waals surface area contributed by atoms with Gasteiger partial charge in [-0.15, -0.1) is 0 Å². The molecule has 0 amide bonds. The summed E-state index contributed by atoms with van der Waals surface area (Å²) in [4.78, 5) is 27.1. The Bertz CT molecular complexity index is 950. The molecule has 0 saturated heterocycles. The molecule has 0 bridgehead atoms. The standard InChI is InChI=1S/C22H31NO3/c1-10(2)16-17(11(3)4)19(13(7)8)21-20(18(16)12(5)6)14(24)9-15(25)22(26)23-21/h9-13,24H,1-8H3,(H,23,25,26). The molecule has 1 aromatic carbocycles. The number of H-pyrrole nitrogens is 1. The molecule has 1 aromatic heterocycles. The highest BCUT2D eigenvalue weighted by atomic mass is 16.3. The number of rotatable bonds is 4. The molecule has 0 aliphatic carbocycles. The van der Waals surface area contributed by atoms with Gasteiger partial charge in [0.15, 0.2) is 0 Å². The summed E-state index contributed by atoms with van der Waals surface area (Å²) in [6, 6.07) is 1.05. The van der Waals surface area contributed by atoms with E-state index in [0.717, 1.165) is 17.2 Å². The Hall–Kier alpha value is -2.10. The van der Waals surface area contributed by atoms with Gasteiger partial charge in [0.25, 0.3) is 5.56 Å². The van der Waals surface area contributed by atoms with Gasteiger partial charge in [-0.3, -0.25) is 9.59 Å². The number of aromatic nitrogens is 1. The number of aromatic amines is 1. The molecule has 0 unspecified atom stereocenters. The summed E-state index contributed by atoms with van der Waals surface area (Å²) in [5.74, 6) is 0.678. The first kappa shape index (κ1) is 20.2. The molecule has 2 aromatic rings. The average molecular weight is 357 g/mol. The highest BCUT2D eigenvalue weighted by Gasteiger charge is 2.27. The van der Waals surface area contributed by atoms with Gasteiger partial charge in [0.2, 0.25) is 5.43 Å². The van der Waals surface area contributed by atoms with Crippen molar-refractivity contribution in [1.82, 2.24) is 4.98 Å². The van der Waals surface area contributed by atoms with E-state index in [2.05, 4.69) is 60.4 Å². The fraction of sp³-hybridized carbons (Fsp3) is 0.545. The van der Waals surface area contributed by atoms with Crippen LogP contribution < -0.4 is 11.0 Å². The van der Waals surface area contributed by atoms with Gasteiger partial charge < -0.3 is 10.1 Å². The first-order valence-corrected chi connectivity index (χ1v) is 9.48. The molecule has 0 fully saturated rings. The molecular weight excluding hydrogens is 326 g/mol. The van der Waals surface area contributed by atoms with Crippen LogP contribution in [0.3, 0.4) is 0 Å². The fourth-order valence-corrected chi connectivity index (χ4v) is 4.11. The zero-order chi connectivity index (χ0) is 19.9. The summed E-state index contributed by atoms with van der Waals surface area (Å²) in [6.07, 6.45) is 0. The lowest BCUT2D eigenvalue weighted by Gasteiger charge is -2.29. The molecule has 2 N–H and O–H groups in total. The lowest BCUT2D eigenvalue weighted by Crippen LogP contribution is -2.22. The summed E-state index contributed by atoms with van der Waals surface area (Å²) in [6.45, 7) is 17.0. The van der Waals surface area contributed by atoms with E-state index < -0.39 is 11.0 Å². The Morgan fingerprint density at radius 3 is 1.58 bits per heavy atom. The summed E-state index contributed by atoms with van der Waals surface area (Å²) in [5, 5.41) is 11.4. The molecule has 1 heterocycles. The van der Waals surface area contributed by atoms with E-state index in [1.54, 1.807) is 0 Å². The van der Waals surface area contributed by atoms with Gasteiger partial charge in [-0.2, -0.15) is 0 Å². The lowest BCUT2D eigenvalue weighted by atomic mass is 9.76. The summed E-state index contributed by atoms with van der Waals surface area (Å²) in [5.41, 5.74) is 3.67. The Morgan fingerprint density at radius 1 is 0.731 bits per heavy atom. The molecule has 4 nitrogen and oxygen atoms in total. The molecule has 0 saturated carbocycles. The van der Waals surface area contributed by atoms with Crippen LogP contribution in [0, 0.1) is 0 Å². The second-order valence-corrected chi connectivity index (χ2v) is 8.37. The normalized spacial score (nSPS) is 12.2. The third-order valence-corrected chi connectivity index (χ3v) is 4.95. The number of hydrogen-bond donors (Lipinski definition) is 2. The van der Waals surface area contributed by atoms with Crippen LogP contribution in [-0.2, 0) is 0 Å². The minimum Gasteiger partial charge on any atom is -0.507 e. The van der Waals surface area contributed by atoms with E-state index in [9.17, 15) is 14.7 Å². The van der Waals surface area contributed by atoms with Crippen molar-refractivity contribution in [1.29, 1.82) is 0 Å². The first-order chi connectivity index (χ1) is 12.0. The molecular formula is C22H31NO3. The summed E-state index contributed by atoms with van der Waals surface area (Å²) < 4.78 is 0. The minimum atomic E-state index is -0.722.